The lowest BCUT2D eigenvalue weighted by Gasteiger charge is -2.05. The molecule has 7 heteroatoms. The molecule has 0 unspecified atom stereocenters. The number of pyridine rings is 1. The number of nitrogens with one attached hydrogen (secondary N) is 1. The molecule has 0 saturated carbocycles. The van der Waals surface area contributed by atoms with Crippen LogP contribution in [0.25, 0.3) is 0 Å². The van der Waals surface area contributed by atoms with E-state index in [1.807, 2.05) is 6.92 Å². The predicted octanol–water partition coefficient (Wildman–Crippen LogP) is 2.21. The number of carbonyl (C=O) groups is 1. The molecule has 0 radical (unpaired) electrons. The normalized spacial score (nSPS) is 10.4. The molecule has 18 heavy (non-hydrogen) atoms. The molecule has 0 bridgehead atoms. The van der Waals surface area contributed by atoms with E-state index in [4.69, 9.17) is 17.3 Å². The first-order valence-electron chi connectivity index (χ1n) is 5.18. The van der Waals surface area contributed by atoms with E-state index in [2.05, 4.69) is 15.3 Å². The highest BCUT2D eigenvalue weighted by atomic mass is 35.5. The van der Waals surface area contributed by atoms with Gasteiger partial charge >= 0.3 is 0 Å². The van der Waals surface area contributed by atoms with Crippen LogP contribution in [-0.4, -0.2) is 15.9 Å². The van der Waals surface area contributed by atoms with Crippen molar-refractivity contribution in [2.75, 3.05) is 5.32 Å². The quantitative estimate of drug-likeness (QED) is 0.846. The second kappa shape index (κ2) is 5.43. The Labute approximate surface area is 113 Å². The summed E-state index contributed by atoms with van der Waals surface area (Å²) in [6.07, 6.45) is 1.63. The van der Waals surface area contributed by atoms with Crippen molar-refractivity contribution in [3.63, 3.8) is 0 Å². The highest BCUT2D eigenvalue weighted by Crippen LogP contribution is 2.20. The van der Waals surface area contributed by atoms with Gasteiger partial charge in [0.2, 0.25) is 0 Å². The zero-order valence-corrected chi connectivity index (χ0v) is 11.2. The van der Waals surface area contributed by atoms with Crippen LogP contribution in [0.15, 0.2) is 17.6 Å². The van der Waals surface area contributed by atoms with Crippen molar-refractivity contribution >= 4 is 34.5 Å². The maximum absolute atomic E-state index is 11.9. The standard InChI is InChI=1S/C11H11ClN4OS/c1-6-2-7(10(12)14-4-6)16-11(17)8-5-18-9(3-13)15-8/h2,4-5H,3,13H2,1H3,(H,16,17). The van der Waals surface area contributed by atoms with Crippen molar-refractivity contribution in [2.45, 2.75) is 13.5 Å². The van der Waals surface area contributed by atoms with E-state index in [1.54, 1.807) is 17.6 Å². The Morgan fingerprint density at radius 2 is 2.39 bits per heavy atom. The van der Waals surface area contributed by atoms with Crippen molar-refractivity contribution in [3.05, 3.63) is 39.1 Å². The van der Waals surface area contributed by atoms with E-state index in [-0.39, 0.29) is 11.1 Å². The average Bonchev–Trinajstić information content (AvgIpc) is 2.82. The second-order valence-corrected chi connectivity index (χ2v) is 4.94. The van der Waals surface area contributed by atoms with Crippen LogP contribution in [0.5, 0.6) is 0 Å². The number of carbonyl (C=O) groups excluding carboxylic acids is 1. The summed E-state index contributed by atoms with van der Waals surface area (Å²) in [6, 6.07) is 1.75. The Bertz CT molecular complexity index is 584. The highest BCUT2D eigenvalue weighted by molar-refractivity contribution is 7.09. The first kappa shape index (κ1) is 12.9. The smallest absolute Gasteiger partial charge is 0.275 e. The number of hydrogen-bond donors (Lipinski definition) is 2. The molecule has 0 aliphatic rings. The second-order valence-electron chi connectivity index (χ2n) is 3.64. The molecule has 0 atom stereocenters. The molecule has 0 fully saturated rings. The summed E-state index contributed by atoms with van der Waals surface area (Å²) in [5.74, 6) is -0.319. The van der Waals surface area contributed by atoms with Crippen molar-refractivity contribution in [1.29, 1.82) is 0 Å². The lowest BCUT2D eigenvalue weighted by Crippen LogP contribution is -2.13. The number of hydrogen-bond acceptors (Lipinski definition) is 5. The van der Waals surface area contributed by atoms with Gasteiger partial charge in [-0.3, -0.25) is 4.79 Å². The van der Waals surface area contributed by atoms with Gasteiger partial charge < -0.3 is 11.1 Å². The number of aryl methyl sites for hydroxylation is 1. The minimum atomic E-state index is -0.319. The molecule has 0 aliphatic carbocycles. The molecule has 2 aromatic heterocycles. The van der Waals surface area contributed by atoms with Gasteiger partial charge in [-0.1, -0.05) is 11.6 Å². The third-order valence-electron chi connectivity index (χ3n) is 2.18. The molecular weight excluding hydrogens is 272 g/mol. The van der Waals surface area contributed by atoms with Gasteiger partial charge in [-0.05, 0) is 18.6 Å². The molecule has 0 aromatic carbocycles. The van der Waals surface area contributed by atoms with Crippen molar-refractivity contribution in [2.24, 2.45) is 5.73 Å². The third-order valence-corrected chi connectivity index (χ3v) is 3.36. The van der Waals surface area contributed by atoms with Gasteiger partial charge in [0, 0.05) is 18.1 Å². The fourth-order valence-corrected chi connectivity index (χ4v) is 2.14. The number of anilines is 1. The van der Waals surface area contributed by atoms with Crippen LogP contribution < -0.4 is 11.1 Å². The minimum absolute atomic E-state index is 0.253. The van der Waals surface area contributed by atoms with Gasteiger partial charge in [0.15, 0.2) is 5.15 Å². The number of aromatic nitrogens is 2. The van der Waals surface area contributed by atoms with Crippen molar-refractivity contribution in [3.8, 4) is 0 Å². The van der Waals surface area contributed by atoms with Gasteiger partial charge in [0.05, 0.1) is 5.69 Å². The maximum Gasteiger partial charge on any atom is 0.275 e. The molecule has 2 heterocycles. The van der Waals surface area contributed by atoms with Crippen LogP contribution in [-0.2, 0) is 6.54 Å². The van der Waals surface area contributed by atoms with E-state index in [0.717, 1.165) is 5.56 Å². The van der Waals surface area contributed by atoms with E-state index >= 15 is 0 Å². The molecule has 94 valence electrons. The Balaban J connectivity index is 2.18. The third kappa shape index (κ3) is 2.84. The summed E-state index contributed by atoms with van der Waals surface area (Å²) in [5.41, 5.74) is 7.16. The van der Waals surface area contributed by atoms with E-state index < -0.39 is 0 Å². The first-order chi connectivity index (χ1) is 8.60. The van der Waals surface area contributed by atoms with Gasteiger partial charge in [-0.25, -0.2) is 9.97 Å². The topological polar surface area (TPSA) is 80.9 Å². The molecule has 0 saturated heterocycles. The summed E-state index contributed by atoms with van der Waals surface area (Å²) < 4.78 is 0. The van der Waals surface area contributed by atoms with Crippen LogP contribution >= 0.6 is 22.9 Å². The number of rotatable bonds is 3. The largest absolute Gasteiger partial charge is 0.325 e. The van der Waals surface area contributed by atoms with E-state index in [1.165, 1.54) is 11.3 Å². The van der Waals surface area contributed by atoms with Crippen molar-refractivity contribution < 1.29 is 4.79 Å². The minimum Gasteiger partial charge on any atom is -0.325 e. The number of nitrogens with two attached hydrogens (primary N) is 1. The summed E-state index contributed by atoms with van der Waals surface area (Å²) in [7, 11) is 0. The van der Waals surface area contributed by atoms with Gasteiger partial charge in [0.25, 0.3) is 5.91 Å². The zero-order chi connectivity index (χ0) is 13.1. The number of amides is 1. The molecule has 0 aliphatic heterocycles. The number of halogens is 1. The first-order valence-corrected chi connectivity index (χ1v) is 6.44. The summed E-state index contributed by atoms with van der Waals surface area (Å²) in [6.45, 7) is 2.19. The fraction of sp³-hybridized carbons (Fsp3) is 0.182. The van der Waals surface area contributed by atoms with Gasteiger partial charge in [-0.15, -0.1) is 11.3 Å². The number of nitrogens with zero attached hydrogens (tertiary/aromatic N) is 2. The summed E-state index contributed by atoms with van der Waals surface area (Å²) in [5, 5.41) is 5.31. The molecule has 1 amide bonds. The van der Waals surface area contributed by atoms with Gasteiger partial charge in [-0.2, -0.15) is 0 Å². The fourth-order valence-electron chi connectivity index (χ4n) is 1.34. The molecule has 3 N–H and O–H groups in total. The van der Waals surface area contributed by atoms with Gasteiger partial charge in [0.1, 0.15) is 10.7 Å². The average molecular weight is 283 g/mol. The van der Waals surface area contributed by atoms with E-state index in [9.17, 15) is 4.79 Å². The molecule has 0 spiro atoms. The zero-order valence-electron chi connectivity index (χ0n) is 9.61. The van der Waals surface area contributed by atoms with E-state index in [0.29, 0.717) is 22.9 Å². The predicted molar refractivity (Wildman–Crippen MR) is 71.9 cm³/mol. The summed E-state index contributed by atoms with van der Waals surface area (Å²) in [4.78, 5) is 20.0. The lowest BCUT2D eigenvalue weighted by atomic mass is 10.3. The lowest BCUT2D eigenvalue weighted by molar-refractivity contribution is 0.102. The maximum atomic E-state index is 11.9. The Morgan fingerprint density at radius 1 is 1.61 bits per heavy atom. The molecular formula is C11H11ClN4OS. The van der Waals surface area contributed by atoms with Crippen LogP contribution in [0.3, 0.4) is 0 Å². The monoisotopic (exact) mass is 282 g/mol. The summed E-state index contributed by atoms with van der Waals surface area (Å²) >= 11 is 7.25. The SMILES string of the molecule is Cc1cnc(Cl)c(NC(=O)c2csc(CN)n2)c1. The molecule has 5 nitrogen and oxygen atoms in total. The van der Waals surface area contributed by atoms with Crippen LogP contribution in [0.1, 0.15) is 21.1 Å². The van der Waals surface area contributed by atoms with Crippen LogP contribution in [0.4, 0.5) is 5.69 Å². The van der Waals surface area contributed by atoms with Crippen molar-refractivity contribution in [1.82, 2.24) is 9.97 Å². The Kier molecular flexibility index (Phi) is 3.90. The highest BCUT2D eigenvalue weighted by Gasteiger charge is 2.12. The number of thiazole rings is 1. The van der Waals surface area contributed by atoms with Crippen LogP contribution in [0.2, 0.25) is 5.15 Å². The molecule has 2 aromatic rings. The Hall–Kier alpha value is -1.50. The van der Waals surface area contributed by atoms with Crippen LogP contribution in [0, 0.1) is 6.92 Å². The molecule has 2 rings (SSSR count). The Morgan fingerprint density at radius 3 is 3.06 bits per heavy atom.